The van der Waals surface area contributed by atoms with Crippen LogP contribution in [0.1, 0.15) is 10.4 Å². The Morgan fingerprint density at radius 2 is 2.18 bits per heavy atom. The topological polar surface area (TPSA) is 73.7 Å². The van der Waals surface area contributed by atoms with Gasteiger partial charge < -0.3 is 5.73 Å². The van der Waals surface area contributed by atoms with Crippen molar-refractivity contribution in [3.05, 3.63) is 34.7 Å². The molecular weight excluding hydrogens is 318 g/mol. The highest BCUT2D eigenvalue weighted by molar-refractivity contribution is 8.93. The third-order valence-electron chi connectivity index (χ3n) is 2.14. The lowest BCUT2D eigenvalue weighted by molar-refractivity contribution is 1.45. The number of thiophene rings is 1. The second kappa shape index (κ2) is 6.05. The van der Waals surface area contributed by atoms with Crippen molar-refractivity contribution < 1.29 is 0 Å². The van der Waals surface area contributed by atoms with Gasteiger partial charge in [0.15, 0.2) is 5.17 Å². The highest BCUT2D eigenvalue weighted by Crippen LogP contribution is 2.32. The number of nitrogens with zero attached hydrogens (tertiary/aromatic N) is 1. The van der Waals surface area contributed by atoms with E-state index in [0.29, 0.717) is 11.3 Å². The Hall–Kier alpha value is -1.03. The van der Waals surface area contributed by atoms with Crippen molar-refractivity contribution in [3.8, 4) is 6.07 Å². The smallest absolute Gasteiger partial charge is 0.151 e. The Kier molecular flexibility index (Phi) is 5.00. The molecule has 0 saturated heterocycles. The molecule has 2 rings (SSSR count). The zero-order chi connectivity index (χ0) is 11.5. The number of nitriles is 1. The maximum Gasteiger partial charge on any atom is 0.151 e. The molecule has 1 aromatic carbocycles. The first-order valence-electron chi connectivity index (χ1n) is 4.59. The molecule has 0 radical (unpaired) electrons. The normalized spacial score (nSPS) is 9.59. The van der Waals surface area contributed by atoms with Gasteiger partial charge in [0, 0.05) is 20.7 Å². The van der Waals surface area contributed by atoms with E-state index in [0.717, 1.165) is 15.0 Å². The largest absolute Gasteiger partial charge is 0.379 e. The van der Waals surface area contributed by atoms with Crippen LogP contribution in [0.4, 0.5) is 0 Å². The van der Waals surface area contributed by atoms with Crippen molar-refractivity contribution >= 4 is 55.3 Å². The lowest BCUT2D eigenvalue weighted by Crippen LogP contribution is -2.03. The fourth-order valence-electron chi connectivity index (χ4n) is 1.46. The number of thioether (sulfide) groups is 1. The summed E-state index contributed by atoms with van der Waals surface area (Å²) in [5, 5.41) is 17.4. The first kappa shape index (κ1) is 14.0. The van der Waals surface area contributed by atoms with Crippen LogP contribution >= 0.6 is 40.1 Å². The summed E-state index contributed by atoms with van der Waals surface area (Å²) in [5.74, 6) is 0.595. The number of fused-ring (bicyclic) bond motifs is 1. The Morgan fingerprint density at radius 1 is 1.47 bits per heavy atom. The summed E-state index contributed by atoms with van der Waals surface area (Å²) in [7, 11) is 0. The van der Waals surface area contributed by atoms with E-state index in [1.54, 1.807) is 11.3 Å². The lowest BCUT2D eigenvalue weighted by atomic mass is 10.1. The third kappa shape index (κ3) is 3.00. The Labute approximate surface area is 118 Å². The summed E-state index contributed by atoms with van der Waals surface area (Å²) in [6.07, 6.45) is 0. The van der Waals surface area contributed by atoms with Gasteiger partial charge in [-0.1, -0.05) is 30.0 Å². The van der Waals surface area contributed by atoms with Crippen LogP contribution in [0.5, 0.6) is 0 Å². The molecule has 0 spiro atoms. The minimum absolute atomic E-state index is 0. The van der Waals surface area contributed by atoms with E-state index >= 15 is 0 Å². The Balaban J connectivity index is 0.00000144. The van der Waals surface area contributed by atoms with Crippen molar-refractivity contribution in [2.75, 3.05) is 0 Å². The van der Waals surface area contributed by atoms with E-state index in [-0.39, 0.29) is 22.1 Å². The van der Waals surface area contributed by atoms with Crippen LogP contribution in [0.3, 0.4) is 0 Å². The molecule has 17 heavy (non-hydrogen) atoms. The lowest BCUT2D eigenvalue weighted by Gasteiger charge is -1.95. The van der Waals surface area contributed by atoms with Gasteiger partial charge in [-0.3, -0.25) is 5.41 Å². The monoisotopic (exact) mass is 327 g/mol. The van der Waals surface area contributed by atoms with Gasteiger partial charge in [0.2, 0.25) is 0 Å². The van der Waals surface area contributed by atoms with Crippen LogP contribution in [0.15, 0.2) is 24.3 Å². The number of benzene rings is 1. The molecule has 0 aliphatic rings. The molecular formula is C11H10BrN3S2. The van der Waals surface area contributed by atoms with E-state index in [2.05, 4.69) is 6.07 Å². The molecule has 0 bridgehead atoms. The molecule has 0 aliphatic carbocycles. The number of nitrogens with one attached hydrogen (secondary N) is 1. The molecule has 3 nitrogen and oxygen atoms in total. The first-order chi connectivity index (χ1) is 7.72. The van der Waals surface area contributed by atoms with Gasteiger partial charge >= 0.3 is 0 Å². The second-order valence-electron chi connectivity index (χ2n) is 3.16. The Morgan fingerprint density at radius 3 is 2.82 bits per heavy atom. The fraction of sp³-hybridized carbons (Fsp3) is 0.0909. The van der Waals surface area contributed by atoms with E-state index in [4.69, 9.17) is 16.4 Å². The summed E-state index contributed by atoms with van der Waals surface area (Å²) >= 11 is 2.84. The van der Waals surface area contributed by atoms with Crippen molar-refractivity contribution in [3.63, 3.8) is 0 Å². The van der Waals surface area contributed by atoms with E-state index in [9.17, 15) is 0 Å². The van der Waals surface area contributed by atoms with E-state index in [1.165, 1.54) is 11.8 Å². The van der Waals surface area contributed by atoms with E-state index in [1.807, 2.05) is 24.3 Å². The number of hydrogen-bond acceptors (Lipinski definition) is 4. The summed E-state index contributed by atoms with van der Waals surface area (Å²) < 4.78 is 1.11. The molecule has 0 saturated carbocycles. The summed E-state index contributed by atoms with van der Waals surface area (Å²) in [5.41, 5.74) is 6.01. The molecule has 0 unspecified atom stereocenters. The molecule has 0 aliphatic heterocycles. The van der Waals surface area contributed by atoms with Gasteiger partial charge in [-0.2, -0.15) is 5.26 Å². The van der Waals surface area contributed by atoms with Gasteiger partial charge in [-0.15, -0.1) is 28.3 Å². The predicted molar refractivity (Wildman–Crippen MR) is 80.1 cm³/mol. The van der Waals surface area contributed by atoms with Crippen LogP contribution < -0.4 is 5.73 Å². The zero-order valence-electron chi connectivity index (χ0n) is 8.77. The van der Waals surface area contributed by atoms with Gasteiger partial charge in [0.1, 0.15) is 6.07 Å². The quantitative estimate of drug-likeness (QED) is 0.655. The summed E-state index contributed by atoms with van der Waals surface area (Å²) in [6, 6.07) is 10.1. The maximum atomic E-state index is 9.13. The molecule has 6 heteroatoms. The van der Waals surface area contributed by atoms with Crippen LogP contribution in [-0.2, 0) is 5.75 Å². The third-order valence-corrected chi connectivity index (χ3v) is 4.24. The molecule has 88 valence electrons. The fourth-order valence-corrected chi connectivity index (χ4v) is 3.26. The van der Waals surface area contributed by atoms with Crippen LogP contribution in [0.25, 0.3) is 10.1 Å². The van der Waals surface area contributed by atoms with Gasteiger partial charge in [-0.05, 0) is 6.07 Å². The standard InChI is InChI=1S/C11H9N3S2.BrH/c12-5-8-7-3-1-2-4-9(7)16-10(8)6-15-11(13)14;/h1-4H,6H2,(H3,13,14);1H. The average Bonchev–Trinajstić information content (AvgIpc) is 2.63. The highest BCUT2D eigenvalue weighted by Gasteiger charge is 2.11. The van der Waals surface area contributed by atoms with Crippen molar-refractivity contribution in [2.24, 2.45) is 5.73 Å². The van der Waals surface area contributed by atoms with Crippen LogP contribution in [0, 0.1) is 16.7 Å². The number of rotatable bonds is 2. The maximum absolute atomic E-state index is 9.13. The minimum Gasteiger partial charge on any atom is -0.379 e. The molecule has 0 fully saturated rings. The molecule has 2 aromatic rings. The van der Waals surface area contributed by atoms with Gasteiger partial charge in [0.05, 0.1) is 5.56 Å². The van der Waals surface area contributed by atoms with Gasteiger partial charge in [0.25, 0.3) is 0 Å². The first-order valence-corrected chi connectivity index (χ1v) is 6.40. The summed E-state index contributed by atoms with van der Waals surface area (Å²) in [4.78, 5) is 0.990. The molecule has 0 atom stereocenters. The predicted octanol–water partition coefficient (Wildman–Crippen LogP) is 3.48. The average molecular weight is 328 g/mol. The van der Waals surface area contributed by atoms with Crippen LogP contribution in [-0.4, -0.2) is 5.17 Å². The molecule has 1 aromatic heterocycles. The second-order valence-corrected chi connectivity index (χ2v) is 5.32. The molecule has 3 N–H and O–H groups in total. The SMILES string of the molecule is Br.N#Cc1c(CSC(=N)N)sc2ccccc12. The molecule has 0 amide bonds. The van der Waals surface area contributed by atoms with Crippen LogP contribution in [0.2, 0.25) is 0 Å². The Bertz CT molecular complexity index is 586. The highest BCUT2D eigenvalue weighted by atomic mass is 79.9. The molecule has 1 heterocycles. The zero-order valence-corrected chi connectivity index (χ0v) is 12.1. The number of amidine groups is 1. The number of hydrogen-bond donors (Lipinski definition) is 2. The van der Waals surface area contributed by atoms with Gasteiger partial charge in [-0.25, -0.2) is 0 Å². The van der Waals surface area contributed by atoms with Crippen molar-refractivity contribution in [2.45, 2.75) is 5.75 Å². The number of nitrogens with two attached hydrogens (primary N) is 1. The number of halogens is 1. The van der Waals surface area contributed by atoms with E-state index < -0.39 is 0 Å². The minimum atomic E-state index is 0. The summed E-state index contributed by atoms with van der Waals surface area (Å²) in [6.45, 7) is 0. The van der Waals surface area contributed by atoms with Crippen molar-refractivity contribution in [1.29, 1.82) is 10.7 Å². The van der Waals surface area contributed by atoms with Crippen molar-refractivity contribution in [1.82, 2.24) is 0 Å².